The third-order valence-electron chi connectivity index (χ3n) is 4.33. The van der Waals surface area contributed by atoms with E-state index in [1.165, 1.54) is 10.5 Å². The second-order valence-electron chi connectivity index (χ2n) is 6.12. The average Bonchev–Trinajstić information content (AvgIpc) is 2.68. The molecule has 2 aromatic rings. The summed E-state index contributed by atoms with van der Waals surface area (Å²) in [5, 5.41) is 2.75. The van der Waals surface area contributed by atoms with E-state index < -0.39 is 16.1 Å². The van der Waals surface area contributed by atoms with Gasteiger partial charge >= 0.3 is 6.09 Å². The number of piperidine rings is 1. The summed E-state index contributed by atoms with van der Waals surface area (Å²) in [6.07, 6.45) is 3.78. The lowest BCUT2D eigenvalue weighted by Gasteiger charge is -2.31. The van der Waals surface area contributed by atoms with Crippen molar-refractivity contribution in [2.45, 2.75) is 17.7 Å². The lowest BCUT2D eigenvalue weighted by molar-refractivity contribution is 0.194. The molecular weight excluding hydrogens is 354 g/mol. The standard InChI is InChI=1S/C18H21N3O4S/c22-18(25-16-5-2-1-3-6-16)20-13-15-8-11-21(12-9-15)26(23,24)17-7-4-10-19-14-17/h1-7,10,14-15H,8-9,11-13H2,(H,20,22). The number of carbonyl (C=O) groups excluding carboxylic acids is 1. The molecule has 1 N–H and O–H groups in total. The smallest absolute Gasteiger partial charge is 0.410 e. The first-order chi connectivity index (χ1) is 12.6. The van der Waals surface area contributed by atoms with Gasteiger partial charge in [-0.05, 0) is 43.0 Å². The van der Waals surface area contributed by atoms with Crippen molar-refractivity contribution >= 4 is 16.1 Å². The Kier molecular flexibility index (Phi) is 5.85. The van der Waals surface area contributed by atoms with Crippen molar-refractivity contribution in [3.8, 4) is 5.75 Å². The van der Waals surface area contributed by atoms with E-state index in [1.807, 2.05) is 6.07 Å². The van der Waals surface area contributed by atoms with Crippen LogP contribution in [0.15, 0.2) is 59.8 Å². The number of aromatic nitrogens is 1. The highest BCUT2D eigenvalue weighted by atomic mass is 32.2. The van der Waals surface area contributed by atoms with Gasteiger partial charge in [0.15, 0.2) is 0 Å². The summed E-state index contributed by atoms with van der Waals surface area (Å²) in [6.45, 7) is 1.32. The van der Waals surface area contributed by atoms with Crippen LogP contribution in [0.5, 0.6) is 5.75 Å². The number of nitrogens with one attached hydrogen (secondary N) is 1. The Bertz CT molecular complexity index is 820. The van der Waals surface area contributed by atoms with E-state index >= 15 is 0 Å². The molecular formula is C18H21N3O4S. The molecule has 0 atom stereocenters. The zero-order valence-corrected chi connectivity index (χ0v) is 15.1. The molecule has 26 heavy (non-hydrogen) atoms. The molecule has 0 aliphatic carbocycles. The van der Waals surface area contributed by atoms with Gasteiger partial charge in [-0.25, -0.2) is 13.2 Å². The number of hydrogen-bond acceptors (Lipinski definition) is 5. The normalized spacial score (nSPS) is 16.2. The fourth-order valence-electron chi connectivity index (χ4n) is 2.86. The molecule has 2 heterocycles. The number of ether oxygens (including phenoxy) is 1. The van der Waals surface area contributed by atoms with E-state index in [0.29, 0.717) is 38.2 Å². The fourth-order valence-corrected chi connectivity index (χ4v) is 4.30. The third-order valence-corrected chi connectivity index (χ3v) is 6.22. The predicted octanol–water partition coefficient (Wildman–Crippen LogP) is 2.27. The van der Waals surface area contributed by atoms with E-state index in [0.717, 1.165) is 0 Å². The van der Waals surface area contributed by atoms with E-state index in [1.54, 1.807) is 42.6 Å². The third kappa shape index (κ3) is 4.59. The first-order valence-electron chi connectivity index (χ1n) is 8.46. The van der Waals surface area contributed by atoms with Crippen LogP contribution in [-0.4, -0.2) is 43.4 Å². The molecule has 8 heteroatoms. The van der Waals surface area contributed by atoms with E-state index in [4.69, 9.17) is 4.74 Å². The number of sulfonamides is 1. The van der Waals surface area contributed by atoms with Crippen molar-refractivity contribution in [1.82, 2.24) is 14.6 Å². The minimum absolute atomic E-state index is 0.211. The van der Waals surface area contributed by atoms with Crippen molar-refractivity contribution in [3.63, 3.8) is 0 Å². The highest BCUT2D eigenvalue weighted by molar-refractivity contribution is 7.89. The average molecular weight is 375 g/mol. The lowest BCUT2D eigenvalue weighted by Crippen LogP contribution is -2.41. The summed E-state index contributed by atoms with van der Waals surface area (Å²) in [6, 6.07) is 12.0. The Balaban J connectivity index is 1.46. The summed E-state index contributed by atoms with van der Waals surface area (Å²) in [4.78, 5) is 15.9. The molecule has 0 unspecified atom stereocenters. The predicted molar refractivity (Wildman–Crippen MR) is 96.2 cm³/mol. The summed E-state index contributed by atoms with van der Waals surface area (Å²) >= 11 is 0. The Morgan fingerprint density at radius 1 is 1.15 bits per heavy atom. The molecule has 1 aromatic heterocycles. The zero-order valence-electron chi connectivity index (χ0n) is 14.2. The van der Waals surface area contributed by atoms with Gasteiger partial charge in [-0.1, -0.05) is 18.2 Å². The first-order valence-corrected chi connectivity index (χ1v) is 9.90. The van der Waals surface area contributed by atoms with Gasteiger partial charge in [0.2, 0.25) is 10.0 Å². The molecule has 138 valence electrons. The Morgan fingerprint density at radius 3 is 2.54 bits per heavy atom. The van der Waals surface area contributed by atoms with Crippen molar-refractivity contribution in [2.24, 2.45) is 5.92 Å². The van der Waals surface area contributed by atoms with Gasteiger partial charge in [-0.3, -0.25) is 4.98 Å². The molecule has 0 saturated carbocycles. The van der Waals surface area contributed by atoms with Crippen LogP contribution in [0.2, 0.25) is 0 Å². The van der Waals surface area contributed by atoms with Crippen molar-refractivity contribution < 1.29 is 17.9 Å². The molecule has 0 radical (unpaired) electrons. The summed E-state index contributed by atoms with van der Waals surface area (Å²) in [7, 11) is -3.50. The summed E-state index contributed by atoms with van der Waals surface area (Å²) < 4.78 is 31.8. The molecule has 1 amide bonds. The van der Waals surface area contributed by atoms with Gasteiger partial charge in [-0.15, -0.1) is 0 Å². The molecule has 1 aliphatic rings. The maximum Gasteiger partial charge on any atom is 0.412 e. The maximum atomic E-state index is 12.6. The maximum absolute atomic E-state index is 12.6. The highest BCUT2D eigenvalue weighted by Gasteiger charge is 2.29. The topological polar surface area (TPSA) is 88.6 Å². The SMILES string of the molecule is O=C(NCC1CCN(S(=O)(=O)c2cccnc2)CC1)Oc1ccccc1. The quantitative estimate of drug-likeness (QED) is 0.866. The molecule has 1 fully saturated rings. The number of carbonyl (C=O) groups is 1. The number of para-hydroxylation sites is 1. The van der Waals surface area contributed by atoms with Crippen molar-refractivity contribution in [3.05, 3.63) is 54.9 Å². The molecule has 1 aliphatic heterocycles. The van der Waals surface area contributed by atoms with Crippen LogP contribution in [0, 0.1) is 5.92 Å². The van der Waals surface area contributed by atoms with Crippen LogP contribution in [0.3, 0.4) is 0 Å². The number of hydrogen-bond donors (Lipinski definition) is 1. The van der Waals surface area contributed by atoms with Gasteiger partial charge < -0.3 is 10.1 Å². The number of pyridine rings is 1. The van der Waals surface area contributed by atoms with Gasteiger partial charge in [-0.2, -0.15) is 4.31 Å². The number of benzene rings is 1. The summed E-state index contributed by atoms with van der Waals surface area (Å²) in [5.74, 6) is 0.709. The van der Waals surface area contributed by atoms with E-state index in [2.05, 4.69) is 10.3 Å². The summed E-state index contributed by atoms with van der Waals surface area (Å²) in [5.41, 5.74) is 0. The van der Waals surface area contributed by atoms with Crippen LogP contribution < -0.4 is 10.1 Å². The first kappa shape index (κ1) is 18.3. The molecule has 3 rings (SSSR count). The minimum Gasteiger partial charge on any atom is -0.410 e. The monoisotopic (exact) mass is 375 g/mol. The molecule has 1 aromatic carbocycles. The molecule has 7 nitrogen and oxygen atoms in total. The fraction of sp³-hybridized carbons (Fsp3) is 0.333. The number of rotatable bonds is 5. The number of nitrogens with zero attached hydrogens (tertiary/aromatic N) is 2. The zero-order chi connectivity index (χ0) is 18.4. The van der Waals surface area contributed by atoms with Crippen LogP contribution in [0.4, 0.5) is 4.79 Å². The second kappa shape index (κ2) is 8.29. The molecule has 0 spiro atoms. The highest BCUT2D eigenvalue weighted by Crippen LogP contribution is 2.23. The molecule has 0 bridgehead atoms. The van der Waals surface area contributed by atoms with Gasteiger partial charge in [0, 0.05) is 32.0 Å². The van der Waals surface area contributed by atoms with Crippen LogP contribution in [0.1, 0.15) is 12.8 Å². The van der Waals surface area contributed by atoms with Crippen LogP contribution >= 0.6 is 0 Å². The van der Waals surface area contributed by atoms with Gasteiger partial charge in [0.05, 0.1) is 0 Å². The lowest BCUT2D eigenvalue weighted by atomic mass is 9.98. The Hall–Kier alpha value is -2.45. The van der Waals surface area contributed by atoms with Gasteiger partial charge in [0.25, 0.3) is 0 Å². The van der Waals surface area contributed by atoms with Crippen molar-refractivity contribution in [2.75, 3.05) is 19.6 Å². The van der Waals surface area contributed by atoms with Crippen LogP contribution in [0.25, 0.3) is 0 Å². The Labute approximate surface area is 153 Å². The van der Waals surface area contributed by atoms with Gasteiger partial charge in [0.1, 0.15) is 10.6 Å². The van der Waals surface area contributed by atoms with E-state index in [9.17, 15) is 13.2 Å². The van der Waals surface area contributed by atoms with Crippen molar-refractivity contribution in [1.29, 1.82) is 0 Å². The molecule has 1 saturated heterocycles. The second-order valence-corrected chi connectivity index (χ2v) is 8.06. The Morgan fingerprint density at radius 2 is 1.88 bits per heavy atom. The minimum atomic E-state index is -3.50. The van der Waals surface area contributed by atoms with E-state index in [-0.39, 0.29) is 10.8 Å². The largest absolute Gasteiger partial charge is 0.412 e. The van der Waals surface area contributed by atoms with Crippen LogP contribution in [-0.2, 0) is 10.0 Å². The number of amides is 1.